The minimum absolute atomic E-state index is 0.181. The summed E-state index contributed by atoms with van der Waals surface area (Å²) in [6, 6.07) is 5.22. The number of halogens is 3. The van der Waals surface area contributed by atoms with Crippen LogP contribution in [0.5, 0.6) is 0 Å². The predicted octanol–water partition coefficient (Wildman–Crippen LogP) is 4.13. The van der Waals surface area contributed by atoms with Crippen LogP contribution in [0.3, 0.4) is 0 Å². The zero-order valence-corrected chi connectivity index (χ0v) is 11.8. The average Bonchev–Trinajstić information content (AvgIpc) is 2.19. The highest BCUT2D eigenvalue weighted by atomic mass is 79.9. The Morgan fingerprint density at radius 3 is 2.69 bits per heavy atom. The molecule has 0 aliphatic rings. The molecule has 0 aliphatic carbocycles. The van der Waals surface area contributed by atoms with E-state index in [1.165, 1.54) is 6.07 Å². The molecule has 0 heterocycles. The van der Waals surface area contributed by atoms with Gasteiger partial charge in [-0.1, -0.05) is 40.5 Å². The Bertz CT molecular complexity index is 344. The van der Waals surface area contributed by atoms with Crippen molar-refractivity contribution in [2.45, 2.75) is 37.7 Å². The summed E-state index contributed by atoms with van der Waals surface area (Å²) in [6.45, 7) is 4.96. The molecule has 90 valence electrons. The lowest BCUT2D eigenvalue weighted by molar-refractivity contribution is 0.515. The van der Waals surface area contributed by atoms with Gasteiger partial charge in [-0.15, -0.1) is 0 Å². The summed E-state index contributed by atoms with van der Waals surface area (Å²) in [4.78, 5) is 0.492. The average molecular weight is 309 g/mol. The summed E-state index contributed by atoms with van der Waals surface area (Å²) < 4.78 is 12.9. The minimum Gasteiger partial charge on any atom is -0.310 e. The third kappa shape index (κ3) is 4.81. The maximum absolute atomic E-state index is 12.9. The van der Waals surface area contributed by atoms with Gasteiger partial charge in [-0.25, -0.2) is 4.39 Å². The largest absolute Gasteiger partial charge is 0.310 e. The third-order valence-electron chi connectivity index (χ3n) is 2.32. The number of benzene rings is 1. The topological polar surface area (TPSA) is 12.0 Å². The Kier molecular flexibility index (Phi) is 5.73. The van der Waals surface area contributed by atoms with Gasteiger partial charge in [-0.3, -0.25) is 0 Å². The standard InChI is InChI=1S/C12H16BrClFN/c1-8(13)5-9(2)16-7-10-3-4-12(15)11(14)6-10/h3-4,6,8-9,16H,5,7H2,1-2H3. The van der Waals surface area contributed by atoms with Crippen molar-refractivity contribution in [2.24, 2.45) is 0 Å². The van der Waals surface area contributed by atoms with Gasteiger partial charge < -0.3 is 5.32 Å². The molecular weight excluding hydrogens is 292 g/mol. The Balaban J connectivity index is 2.45. The molecule has 4 heteroatoms. The van der Waals surface area contributed by atoms with Gasteiger partial charge in [0.05, 0.1) is 5.02 Å². The van der Waals surface area contributed by atoms with E-state index in [0.29, 0.717) is 17.4 Å². The SMILES string of the molecule is CC(Br)CC(C)NCc1ccc(F)c(Cl)c1. The molecule has 1 aromatic rings. The molecule has 0 amide bonds. The highest BCUT2D eigenvalue weighted by Gasteiger charge is 2.06. The summed E-state index contributed by atoms with van der Waals surface area (Å²) in [5, 5.41) is 3.55. The van der Waals surface area contributed by atoms with Gasteiger partial charge in [0.15, 0.2) is 0 Å². The Morgan fingerprint density at radius 2 is 2.12 bits per heavy atom. The second-order valence-electron chi connectivity index (χ2n) is 4.05. The fourth-order valence-corrected chi connectivity index (χ4v) is 2.28. The molecule has 0 saturated carbocycles. The molecule has 1 N–H and O–H groups in total. The van der Waals surface area contributed by atoms with Crippen molar-refractivity contribution in [2.75, 3.05) is 0 Å². The number of hydrogen-bond donors (Lipinski definition) is 1. The maximum Gasteiger partial charge on any atom is 0.141 e. The number of alkyl halides is 1. The summed E-state index contributed by atoms with van der Waals surface area (Å²) in [5.74, 6) is -0.368. The van der Waals surface area contributed by atoms with Crippen molar-refractivity contribution < 1.29 is 4.39 Å². The van der Waals surface area contributed by atoms with E-state index < -0.39 is 0 Å². The molecule has 0 spiro atoms. The monoisotopic (exact) mass is 307 g/mol. The molecule has 0 saturated heterocycles. The van der Waals surface area contributed by atoms with Crippen LogP contribution >= 0.6 is 27.5 Å². The van der Waals surface area contributed by atoms with Gasteiger partial charge in [0.1, 0.15) is 5.82 Å². The predicted molar refractivity (Wildman–Crippen MR) is 70.7 cm³/mol. The first-order valence-electron chi connectivity index (χ1n) is 5.30. The Labute approximate surface area is 110 Å². The zero-order valence-electron chi connectivity index (χ0n) is 9.43. The molecular formula is C12H16BrClFN. The first-order chi connectivity index (χ1) is 7.49. The molecule has 0 aliphatic heterocycles. The normalized spacial score (nSPS) is 14.8. The smallest absolute Gasteiger partial charge is 0.141 e. The van der Waals surface area contributed by atoms with Crippen LogP contribution in [-0.4, -0.2) is 10.9 Å². The van der Waals surface area contributed by atoms with Crippen LogP contribution < -0.4 is 5.32 Å². The first-order valence-corrected chi connectivity index (χ1v) is 6.59. The van der Waals surface area contributed by atoms with E-state index in [0.717, 1.165) is 12.0 Å². The third-order valence-corrected chi connectivity index (χ3v) is 2.98. The second-order valence-corrected chi connectivity index (χ2v) is 6.02. The van der Waals surface area contributed by atoms with E-state index in [4.69, 9.17) is 11.6 Å². The van der Waals surface area contributed by atoms with Crippen molar-refractivity contribution in [1.29, 1.82) is 0 Å². The van der Waals surface area contributed by atoms with E-state index in [9.17, 15) is 4.39 Å². The van der Waals surface area contributed by atoms with Gasteiger partial charge in [0.25, 0.3) is 0 Å². The van der Waals surface area contributed by atoms with E-state index in [-0.39, 0.29) is 10.8 Å². The highest BCUT2D eigenvalue weighted by molar-refractivity contribution is 9.09. The molecule has 0 bridgehead atoms. The zero-order chi connectivity index (χ0) is 12.1. The summed E-state index contributed by atoms with van der Waals surface area (Å²) in [5.41, 5.74) is 1.00. The second kappa shape index (κ2) is 6.58. The Hall–Kier alpha value is -0.120. The lowest BCUT2D eigenvalue weighted by Gasteiger charge is -2.15. The van der Waals surface area contributed by atoms with Crippen LogP contribution in [0.1, 0.15) is 25.8 Å². The molecule has 0 radical (unpaired) electrons. The van der Waals surface area contributed by atoms with Gasteiger partial charge in [-0.05, 0) is 31.0 Å². The maximum atomic E-state index is 12.9. The summed E-state index contributed by atoms with van der Waals surface area (Å²) in [7, 11) is 0. The summed E-state index contributed by atoms with van der Waals surface area (Å²) >= 11 is 9.21. The Morgan fingerprint density at radius 1 is 1.44 bits per heavy atom. The van der Waals surface area contributed by atoms with Crippen molar-refractivity contribution in [1.82, 2.24) is 5.32 Å². The van der Waals surface area contributed by atoms with Crippen LogP contribution in [0.25, 0.3) is 0 Å². The number of rotatable bonds is 5. The van der Waals surface area contributed by atoms with Crippen molar-refractivity contribution in [3.63, 3.8) is 0 Å². The molecule has 1 aromatic carbocycles. The lowest BCUT2D eigenvalue weighted by Crippen LogP contribution is -2.27. The van der Waals surface area contributed by atoms with Crippen LogP contribution in [0, 0.1) is 5.82 Å². The molecule has 0 aromatic heterocycles. The van der Waals surface area contributed by atoms with Crippen LogP contribution in [0.2, 0.25) is 5.02 Å². The molecule has 1 nitrogen and oxygen atoms in total. The van der Waals surface area contributed by atoms with Crippen molar-refractivity contribution in [3.8, 4) is 0 Å². The summed E-state index contributed by atoms with van der Waals surface area (Å²) in [6.07, 6.45) is 1.05. The first kappa shape index (κ1) is 13.9. The van der Waals surface area contributed by atoms with Crippen molar-refractivity contribution >= 4 is 27.5 Å². The van der Waals surface area contributed by atoms with Crippen LogP contribution in [-0.2, 0) is 6.54 Å². The molecule has 0 fully saturated rings. The fraction of sp³-hybridized carbons (Fsp3) is 0.500. The van der Waals surface area contributed by atoms with Crippen LogP contribution in [0.4, 0.5) is 4.39 Å². The molecule has 2 atom stereocenters. The molecule has 16 heavy (non-hydrogen) atoms. The lowest BCUT2D eigenvalue weighted by atomic mass is 10.1. The molecule has 2 unspecified atom stereocenters. The van der Waals surface area contributed by atoms with E-state index in [1.807, 2.05) is 0 Å². The van der Waals surface area contributed by atoms with Gasteiger partial charge in [0.2, 0.25) is 0 Å². The van der Waals surface area contributed by atoms with E-state index in [2.05, 4.69) is 35.1 Å². The minimum atomic E-state index is -0.368. The van der Waals surface area contributed by atoms with E-state index in [1.54, 1.807) is 12.1 Å². The van der Waals surface area contributed by atoms with Gasteiger partial charge in [0, 0.05) is 17.4 Å². The van der Waals surface area contributed by atoms with Gasteiger partial charge >= 0.3 is 0 Å². The van der Waals surface area contributed by atoms with E-state index >= 15 is 0 Å². The van der Waals surface area contributed by atoms with Gasteiger partial charge in [-0.2, -0.15) is 0 Å². The fourth-order valence-electron chi connectivity index (χ4n) is 1.51. The molecule has 1 rings (SSSR count). The van der Waals surface area contributed by atoms with Crippen LogP contribution in [0.15, 0.2) is 18.2 Å². The van der Waals surface area contributed by atoms with Crippen molar-refractivity contribution in [3.05, 3.63) is 34.6 Å². The quantitative estimate of drug-likeness (QED) is 0.807. The number of hydrogen-bond acceptors (Lipinski definition) is 1. The highest BCUT2D eigenvalue weighted by Crippen LogP contribution is 2.16. The number of nitrogens with one attached hydrogen (secondary N) is 1.